The summed E-state index contributed by atoms with van der Waals surface area (Å²) in [6, 6.07) is 4.25. The van der Waals surface area contributed by atoms with Gasteiger partial charge in [0.15, 0.2) is 0 Å². The smallest absolute Gasteiger partial charge is 0.311 e. The first-order chi connectivity index (χ1) is 8.49. The molecule has 0 radical (unpaired) electrons. The lowest BCUT2D eigenvalue weighted by Gasteiger charge is -2.05. The zero-order chi connectivity index (χ0) is 13.3. The molecule has 2 heterocycles. The van der Waals surface area contributed by atoms with Crippen LogP contribution in [0.2, 0.25) is 5.02 Å². The van der Waals surface area contributed by atoms with Crippen LogP contribution in [-0.4, -0.2) is 14.9 Å². The molecule has 0 fully saturated rings. The SMILES string of the molecule is Nc1cc(-c2ccc([N+](=O)[O-])c(N)n2)c(Cl)cn1. The highest BCUT2D eigenvalue weighted by molar-refractivity contribution is 6.33. The van der Waals surface area contributed by atoms with Crippen molar-refractivity contribution in [1.29, 1.82) is 0 Å². The summed E-state index contributed by atoms with van der Waals surface area (Å²) in [5.74, 6) is 0.0945. The van der Waals surface area contributed by atoms with Gasteiger partial charge in [-0.1, -0.05) is 11.6 Å². The number of rotatable bonds is 2. The van der Waals surface area contributed by atoms with E-state index in [9.17, 15) is 10.1 Å². The van der Waals surface area contributed by atoms with Gasteiger partial charge in [-0.05, 0) is 12.1 Å². The number of aromatic nitrogens is 2. The van der Waals surface area contributed by atoms with Gasteiger partial charge in [0, 0.05) is 17.8 Å². The van der Waals surface area contributed by atoms with E-state index in [1.54, 1.807) is 0 Å². The van der Waals surface area contributed by atoms with E-state index >= 15 is 0 Å². The fraction of sp³-hybridized carbons (Fsp3) is 0. The first-order valence-electron chi connectivity index (χ1n) is 4.81. The average Bonchev–Trinajstić information content (AvgIpc) is 2.31. The van der Waals surface area contributed by atoms with Crippen molar-refractivity contribution in [1.82, 2.24) is 9.97 Å². The quantitative estimate of drug-likeness (QED) is 0.631. The molecule has 0 amide bonds. The third-order valence-electron chi connectivity index (χ3n) is 2.25. The lowest BCUT2D eigenvalue weighted by Crippen LogP contribution is -2.00. The first-order valence-corrected chi connectivity index (χ1v) is 5.19. The lowest BCUT2D eigenvalue weighted by molar-refractivity contribution is -0.384. The van der Waals surface area contributed by atoms with Gasteiger partial charge in [0.25, 0.3) is 0 Å². The van der Waals surface area contributed by atoms with E-state index in [-0.39, 0.29) is 17.3 Å². The third-order valence-corrected chi connectivity index (χ3v) is 2.55. The van der Waals surface area contributed by atoms with E-state index in [0.717, 1.165) is 0 Å². The number of nitrogen functional groups attached to an aromatic ring is 2. The van der Waals surface area contributed by atoms with E-state index in [4.69, 9.17) is 23.1 Å². The molecule has 0 aliphatic heterocycles. The Hall–Kier alpha value is -2.41. The van der Waals surface area contributed by atoms with Crippen LogP contribution in [0.25, 0.3) is 11.3 Å². The summed E-state index contributed by atoms with van der Waals surface area (Å²) < 4.78 is 0. The minimum Gasteiger partial charge on any atom is -0.384 e. The number of nitro groups is 1. The Labute approximate surface area is 107 Å². The number of pyridine rings is 2. The molecule has 0 spiro atoms. The van der Waals surface area contributed by atoms with Crippen LogP contribution in [0.5, 0.6) is 0 Å². The maximum atomic E-state index is 10.6. The third kappa shape index (κ3) is 2.16. The van der Waals surface area contributed by atoms with Crippen molar-refractivity contribution in [2.24, 2.45) is 0 Å². The molecule has 0 saturated heterocycles. The predicted molar refractivity (Wildman–Crippen MR) is 68.0 cm³/mol. The molecule has 92 valence electrons. The van der Waals surface area contributed by atoms with Crippen LogP contribution in [0.4, 0.5) is 17.3 Å². The molecular weight excluding hydrogens is 258 g/mol. The van der Waals surface area contributed by atoms with Crippen molar-refractivity contribution < 1.29 is 4.92 Å². The summed E-state index contributed by atoms with van der Waals surface area (Å²) in [4.78, 5) is 17.8. The molecule has 0 aliphatic rings. The van der Waals surface area contributed by atoms with Crippen molar-refractivity contribution in [3.63, 3.8) is 0 Å². The summed E-state index contributed by atoms with van der Waals surface area (Å²) in [7, 11) is 0. The zero-order valence-corrected chi connectivity index (χ0v) is 9.76. The number of nitrogens with zero attached hydrogens (tertiary/aromatic N) is 3. The molecule has 0 aromatic carbocycles. The molecular formula is C10H8ClN5O2. The van der Waals surface area contributed by atoms with Gasteiger partial charge in [-0.25, -0.2) is 9.97 Å². The van der Waals surface area contributed by atoms with Crippen LogP contribution in [0.1, 0.15) is 0 Å². The Morgan fingerprint density at radius 3 is 2.67 bits per heavy atom. The lowest BCUT2D eigenvalue weighted by atomic mass is 10.1. The number of nitrogens with two attached hydrogens (primary N) is 2. The maximum Gasteiger partial charge on any atom is 0.311 e. The second-order valence-corrected chi connectivity index (χ2v) is 3.85. The maximum absolute atomic E-state index is 10.6. The number of hydrogen-bond donors (Lipinski definition) is 2. The van der Waals surface area contributed by atoms with Crippen molar-refractivity contribution >= 4 is 28.9 Å². The van der Waals surface area contributed by atoms with E-state index in [2.05, 4.69) is 9.97 Å². The Morgan fingerprint density at radius 2 is 2.06 bits per heavy atom. The summed E-state index contributed by atoms with van der Waals surface area (Å²) in [5, 5.41) is 11.0. The molecule has 2 aromatic heterocycles. The van der Waals surface area contributed by atoms with Crippen LogP contribution >= 0.6 is 11.6 Å². The molecule has 7 nitrogen and oxygen atoms in total. The van der Waals surface area contributed by atoms with E-state index < -0.39 is 4.92 Å². The topological polar surface area (TPSA) is 121 Å². The van der Waals surface area contributed by atoms with E-state index in [0.29, 0.717) is 16.3 Å². The molecule has 0 saturated carbocycles. The van der Waals surface area contributed by atoms with Crippen molar-refractivity contribution in [3.05, 3.63) is 39.5 Å². The normalized spacial score (nSPS) is 10.3. The Bertz CT molecular complexity index is 632. The molecule has 0 bridgehead atoms. The highest BCUT2D eigenvalue weighted by atomic mass is 35.5. The summed E-state index contributed by atoms with van der Waals surface area (Å²) in [5.41, 5.74) is 11.7. The fourth-order valence-electron chi connectivity index (χ4n) is 1.42. The van der Waals surface area contributed by atoms with Crippen molar-refractivity contribution in [2.45, 2.75) is 0 Å². The molecule has 8 heteroatoms. The number of halogens is 1. The van der Waals surface area contributed by atoms with Gasteiger partial charge in [-0.2, -0.15) is 0 Å². The summed E-state index contributed by atoms with van der Waals surface area (Å²) in [6.07, 6.45) is 1.38. The summed E-state index contributed by atoms with van der Waals surface area (Å²) in [6.45, 7) is 0. The number of hydrogen-bond acceptors (Lipinski definition) is 6. The van der Waals surface area contributed by atoms with Gasteiger partial charge in [0.05, 0.1) is 15.6 Å². The first kappa shape index (κ1) is 12.1. The molecule has 0 aliphatic carbocycles. The van der Waals surface area contributed by atoms with Gasteiger partial charge in [0.2, 0.25) is 5.82 Å². The number of anilines is 2. The van der Waals surface area contributed by atoms with Crippen LogP contribution in [0, 0.1) is 10.1 Å². The van der Waals surface area contributed by atoms with Gasteiger partial charge >= 0.3 is 5.69 Å². The van der Waals surface area contributed by atoms with Gasteiger partial charge < -0.3 is 11.5 Å². The Morgan fingerprint density at radius 1 is 1.33 bits per heavy atom. The summed E-state index contributed by atoms with van der Waals surface area (Å²) >= 11 is 5.95. The minimum atomic E-state index is -0.603. The molecule has 2 rings (SSSR count). The molecule has 0 unspecified atom stereocenters. The molecule has 18 heavy (non-hydrogen) atoms. The predicted octanol–water partition coefficient (Wildman–Crippen LogP) is 1.87. The molecule has 2 aromatic rings. The monoisotopic (exact) mass is 265 g/mol. The van der Waals surface area contributed by atoms with Gasteiger partial charge in [-0.3, -0.25) is 10.1 Å². The standard InChI is InChI=1S/C10H8ClN5O2/c11-6-4-14-9(12)3-5(6)7-1-2-8(16(17)18)10(13)15-7/h1-4H,(H2,12,14)(H2,13,15). The van der Waals surface area contributed by atoms with Crippen molar-refractivity contribution in [3.8, 4) is 11.3 Å². The molecule has 4 N–H and O–H groups in total. The second kappa shape index (κ2) is 4.46. The van der Waals surface area contributed by atoms with Crippen LogP contribution < -0.4 is 11.5 Å². The van der Waals surface area contributed by atoms with E-state index in [1.807, 2.05) is 0 Å². The highest BCUT2D eigenvalue weighted by Crippen LogP contribution is 2.30. The van der Waals surface area contributed by atoms with Crippen molar-refractivity contribution in [2.75, 3.05) is 11.5 Å². The average molecular weight is 266 g/mol. The van der Waals surface area contributed by atoms with Gasteiger partial charge in [0.1, 0.15) is 5.82 Å². The highest BCUT2D eigenvalue weighted by Gasteiger charge is 2.15. The van der Waals surface area contributed by atoms with E-state index in [1.165, 1.54) is 24.4 Å². The Kier molecular flexibility index (Phi) is 2.99. The minimum absolute atomic E-state index is 0.177. The largest absolute Gasteiger partial charge is 0.384 e. The van der Waals surface area contributed by atoms with Crippen LogP contribution in [-0.2, 0) is 0 Å². The van der Waals surface area contributed by atoms with Crippen LogP contribution in [0.3, 0.4) is 0 Å². The fourth-order valence-corrected chi connectivity index (χ4v) is 1.62. The zero-order valence-electron chi connectivity index (χ0n) is 9.00. The molecule has 0 atom stereocenters. The van der Waals surface area contributed by atoms with Crippen LogP contribution in [0.15, 0.2) is 24.4 Å². The Balaban J connectivity index is 2.55. The second-order valence-electron chi connectivity index (χ2n) is 3.45. The van der Waals surface area contributed by atoms with Gasteiger partial charge in [-0.15, -0.1) is 0 Å².